The van der Waals surface area contributed by atoms with Gasteiger partial charge in [-0.25, -0.2) is 12.8 Å². The molecule has 0 radical (unpaired) electrons. The Bertz CT molecular complexity index is 574. The molecule has 1 amide bonds. The molecule has 0 saturated carbocycles. The highest BCUT2D eigenvalue weighted by Crippen LogP contribution is 2.11. The van der Waals surface area contributed by atoms with Crippen LogP contribution in [-0.4, -0.2) is 50.6 Å². The number of aliphatic hydroxyl groups is 1. The molecular weight excluding hydrogens is 299 g/mol. The Morgan fingerprint density at radius 3 is 2.43 bits per heavy atom. The summed E-state index contributed by atoms with van der Waals surface area (Å²) >= 11 is 0. The van der Waals surface area contributed by atoms with Crippen molar-refractivity contribution in [2.45, 2.75) is 24.3 Å². The minimum Gasteiger partial charge on any atom is -0.395 e. The number of aliphatic hydroxyl groups excluding tert-OH is 1. The number of nitrogens with zero attached hydrogens (tertiary/aromatic N) is 1. The maximum absolute atomic E-state index is 12.8. The molecule has 2 N–H and O–H groups in total. The molecule has 0 aliphatic carbocycles. The molecule has 1 unspecified atom stereocenters. The van der Waals surface area contributed by atoms with Crippen LogP contribution in [0, 0.1) is 5.82 Å². The molecule has 118 valence electrons. The fourth-order valence-electron chi connectivity index (χ4n) is 1.70. The van der Waals surface area contributed by atoms with E-state index in [1.165, 1.54) is 11.9 Å². The SMILES string of the molecule is CCC(NS(=O)(=O)c1ccc(F)cc1)C(=O)N(C)CCO. The van der Waals surface area contributed by atoms with Crippen LogP contribution in [-0.2, 0) is 14.8 Å². The number of likely N-dealkylation sites (N-methyl/N-ethyl adjacent to an activating group) is 1. The van der Waals surface area contributed by atoms with Crippen molar-refractivity contribution in [3.8, 4) is 0 Å². The van der Waals surface area contributed by atoms with Gasteiger partial charge in [-0.15, -0.1) is 0 Å². The summed E-state index contributed by atoms with van der Waals surface area (Å²) in [5, 5.41) is 8.81. The molecule has 0 aliphatic rings. The van der Waals surface area contributed by atoms with Gasteiger partial charge in [0.15, 0.2) is 0 Å². The van der Waals surface area contributed by atoms with Crippen LogP contribution >= 0.6 is 0 Å². The highest BCUT2D eigenvalue weighted by atomic mass is 32.2. The minimum atomic E-state index is -3.91. The Morgan fingerprint density at radius 1 is 1.38 bits per heavy atom. The average Bonchev–Trinajstić information content (AvgIpc) is 2.44. The molecule has 21 heavy (non-hydrogen) atoms. The Morgan fingerprint density at radius 2 is 1.95 bits per heavy atom. The van der Waals surface area contributed by atoms with Gasteiger partial charge in [0.1, 0.15) is 11.9 Å². The van der Waals surface area contributed by atoms with Crippen molar-refractivity contribution in [2.24, 2.45) is 0 Å². The number of amides is 1. The first-order chi connectivity index (χ1) is 9.81. The molecule has 1 aromatic carbocycles. The molecular formula is C13H19FN2O4S. The third-order valence-electron chi connectivity index (χ3n) is 2.94. The zero-order valence-electron chi connectivity index (χ0n) is 11.9. The standard InChI is InChI=1S/C13H19FN2O4S/c1-3-12(13(18)16(2)8-9-17)15-21(19,20)11-6-4-10(14)5-7-11/h4-7,12,15,17H,3,8-9H2,1-2H3. The topological polar surface area (TPSA) is 86.7 Å². The van der Waals surface area contributed by atoms with Crippen LogP contribution in [0.15, 0.2) is 29.2 Å². The molecule has 1 rings (SSSR count). The van der Waals surface area contributed by atoms with Gasteiger partial charge in [-0.3, -0.25) is 4.79 Å². The molecule has 0 saturated heterocycles. The van der Waals surface area contributed by atoms with Gasteiger partial charge in [0.05, 0.1) is 11.5 Å². The van der Waals surface area contributed by atoms with Crippen molar-refractivity contribution in [1.82, 2.24) is 9.62 Å². The largest absolute Gasteiger partial charge is 0.395 e. The van der Waals surface area contributed by atoms with Gasteiger partial charge in [0.2, 0.25) is 15.9 Å². The molecule has 1 aromatic rings. The third kappa shape index (κ3) is 4.76. The van der Waals surface area contributed by atoms with Crippen molar-refractivity contribution in [3.05, 3.63) is 30.1 Å². The lowest BCUT2D eigenvalue weighted by Crippen LogP contribution is -2.47. The van der Waals surface area contributed by atoms with Crippen LogP contribution in [0.4, 0.5) is 4.39 Å². The van der Waals surface area contributed by atoms with E-state index in [-0.39, 0.29) is 24.5 Å². The summed E-state index contributed by atoms with van der Waals surface area (Å²) in [6.07, 6.45) is 0.259. The second-order valence-electron chi connectivity index (χ2n) is 4.52. The van der Waals surface area contributed by atoms with E-state index >= 15 is 0 Å². The van der Waals surface area contributed by atoms with Crippen molar-refractivity contribution >= 4 is 15.9 Å². The fraction of sp³-hybridized carbons (Fsp3) is 0.462. The van der Waals surface area contributed by atoms with E-state index in [0.29, 0.717) is 0 Å². The Hall–Kier alpha value is -1.51. The quantitative estimate of drug-likeness (QED) is 0.759. The summed E-state index contributed by atoms with van der Waals surface area (Å²) in [5.74, 6) is -0.975. The zero-order chi connectivity index (χ0) is 16.0. The number of nitrogens with one attached hydrogen (secondary N) is 1. The molecule has 0 bridgehead atoms. The van der Waals surface area contributed by atoms with E-state index in [1.807, 2.05) is 0 Å². The van der Waals surface area contributed by atoms with E-state index in [9.17, 15) is 17.6 Å². The first-order valence-corrected chi connectivity index (χ1v) is 7.94. The number of sulfonamides is 1. The summed E-state index contributed by atoms with van der Waals surface area (Å²) < 4.78 is 39.4. The zero-order valence-corrected chi connectivity index (χ0v) is 12.7. The summed E-state index contributed by atoms with van der Waals surface area (Å²) in [6.45, 7) is 1.58. The van der Waals surface area contributed by atoms with Gasteiger partial charge in [-0.2, -0.15) is 4.72 Å². The maximum atomic E-state index is 12.8. The van der Waals surface area contributed by atoms with Crippen LogP contribution in [0.2, 0.25) is 0 Å². The van der Waals surface area contributed by atoms with E-state index in [4.69, 9.17) is 5.11 Å². The summed E-state index contributed by atoms with van der Waals surface area (Å²) in [5.41, 5.74) is 0. The normalized spacial score (nSPS) is 13.0. The molecule has 0 heterocycles. The minimum absolute atomic E-state index is 0.111. The molecule has 8 heteroatoms. The Kier molecular flexibility index (Phi) is 6.25. The lowest BCUT2D eigenvalue weighted by atomic mass is 10.2. The number of halogens is 1. The highest BCUT2D eigenvalue weighted by molar-refractivity contribution is 7.89. The summed E-state index contributed by atoms with van der Waals surface area (Å²) in [6, 6.07) is 3.40. The number of carbonyl (C=O) groups is 1. The van der Waals surface area contributed by atoms with E-state index in [1.54, 1.807) is 6.92 Å². The Balaban J connectivity index is 2.89. The predicted octanol–water partition coefficient (Wildman–Crippen LogP) is 0.333. The molecule has 0 fully saturated rings. The second-order valence-corrected chi connectivity index (χ2v) is 6.23. The van der Waals surface area contributed by atoms with Crippen LogP contribution in [0.5, 0.6) is 0 Å². The lowest BCUT2D eigenvalue weighted by molar-refractivity contribution is -0.132. The smallest absolute Gasteiger partial charge is 0.241 e. The third-order valence-corrected chi connectivity index (χ3v) is 4.43. The first kappa shape index (κ1) is 17.5. The molecule has 0 aliphatic heterocycles. The number of hydrogen-bond acceptors (Lipinski definition) is 4. The van der Waals surface area contributed by atoms with E-state index in [2.05, 4.69) is 4.72 Å². The van der Waals surface area contributed by atoms with Crippen molar-refractivity contribution < 1.29 is 22.7 Å². The summed E-state index contributed by atoms with van der Waals surface area (Å²) in [7, 11) is -2.43. The second kappa shape index (κ2) is 7.48. The van der Waals surface area contributed by atoms with Gasteiger partial charge < -0.3 is 10.0 Å². The molecule has 0 spiro atoms. The van der Waals surface area contributed by atoms with Gasteiger partial charge in [-0.1, -0.05) is 6.92 Å². The van der Waals surface area contributed by atoms with Crippen LogP contribution < -0.4 is 4.72 Å². The van der Waals surface area contributed by atoms with Gasteiger partial charge in [0, 0.05) is 13.6 Å². The lowest BCUT2D eigenvalue weighted by Gasteiger charge is -2.23. The van der Waals surface area contributed by atoms with Crippen molar-refractivity contribution in [1.29, 1.82) is 0 Å². The van der Waals surface area contributed by atoms with Gasteiger partial charge >= 0.3 is 0 Å². The number of benzene rings is 1. The van der Waals surface area contributed by atoms with Crippen LogP contribution in [0.3, 0.4) is 0 Å². The van der Waals surface area contributed by atoms with Crippen LogP contribution in [0.1, 0.15) is 13.3 Å². The van der Waals surface area contributed by atoms with Gasteiger partial charge in [0.25, 0.3) is 0 Å². The fourth-order valence-corrected chi connectivity index (χ4v) is 2.98. The predicted molar refractivity (Wildman–Crippen MR) is 75.5 cm³/mol. The highest BCUT2D eigenvalue weighted by Gasteiger charge is 2.26. The number of rotatable bonds is 7. The number of carbonyl (C=O) groups excluding carboxylic acids is 1. The summed E-state index contributed by atoms with van der Waals surface area (Å²) in [4.78, 5) is 13.2. The average molecular weight is 318 g/mol. The maximum Gasteiger partial charge on any atom is 0.241 e. The molecule has 1 atom stereocenters. The van der Waals surface area contributed by atoms with Crippen molar-refractivity contribution in [2.75, 3.05) is 20.2 Å². The molecule has 6 nitrogen and oxygen atoms in total. The number of hydrogen-bond donors (Lipinski definition) is 2. The monoisotopic (exact) mass is 318 g/mol. The Labute approximate surface area is 123 Å². The van der Waals surface area contributed by atoms with Gasteiger partial charge in [-0.05, 0) is 30.7 Å². The first-order valence-electron chi connectivity index (χ1n) is 6.45. The van der Waals surface area contributed by atoms with Crippen LogP contribution in [0.25, 0.3) is 0 Å². The van der Waals surface area contributed by atoms with Crippen molar-refractivity contribution in [3.63, 3.8) is 0 Å². The van der Waals surface area contributed by atoms with E-state index < -0.39 is 27.8 Å². The molecule has 0 aromatic heterocycles. The van der Waals surface area contributed by atoms with E-state index in [0.717, 1.165) is 24.3 Å².